The molecule has 1 heterocycles. The Morgan fingerprint density at radius 3 is 2.30 bits per heavy atom. The highest BCUT2D eigenvalue weighted by Gasteiger charge is 2.24. The lowest BCUT2D eigenvalue weighted by Crippen LogP contribution is -2.25. The Balaban J connectivity index is 3.05. The zero-order valence-electron chi connectivity index (χ0n) is 12.5. The number of aliphatic hydroxyl groups excluding tert-OH is 1. The van der Waals surface area contributed by atoms with Crippen LogP contribution >= 0.6 is 11.3 Å². The van der Waals surface area contributed by atoms with Gasteiger partial charge in [-0.3, -0.25) is 10.1 Å². The van der Waals surface area contributed by atoms with Crippen molar-refractivity contribution in [1.82, 2.24) is 0 Å². The minimum Gasteiger partial charge on any atom is -0.388 e. The van der Waals surface area contributed by atoms with Gasteiger partial charge in [0.15, 0.2) is 5.00 Å². The highest BCUT2D eigenvalue weighted by molar-refractivity contribution is 7.16. The molecule has 0 fully saturated rings. The summed E-state index contributed by atoms with van der Waals surface area (Å²) >= 11 is 1.34. The topological polar surface area (TPSA) is 66.6 Å². The van der Waals surface area contributed by atoms with Crippen LogP contribution in [0.3, 0.4) is 0 Å². The second kappa shape index (κ2) is 8.21. The molecule has 1 rings (SSSR count). The smallest absolute Gasteiger partial charge is 0.304 e. The van der Waals surface area contributed by atoms with E-state index in [1.165, 1.54) is 17.4 Å². The van der Waals surface area contributed by atoms with Crippen molar-refractivity contribution in [3.8, 4) is 0 Å². The number of aliphatic hydroxyl groups is 1. The highest BCUT2D eigenvalue weighted by Crippen LogP contribution is 2.40. The summed E-state index contributed by atoms with van der Waals surface area (Å²) in [4.78, 5) is 13.6. The van der Waals surface area contributed by atoms with Gasteiger partial charge in [-0.25, -0.2) is 0 Å². The second-order valence-corrected chi connectivity index (χ2v) is 6.03. The van der Waals surface area contributed by atoms with Crippen LogP contribution < -0.4 is 4.90 Å². The van der Waals surface area contributed by atoms with Crippen molar-refractivity contribution in [2.75, 3.05) is 18.0 Å². The van der Waals surface area contributed by atoms with Crippen LogP contribution in [-0.4, -0.2) is 23.1 Å². The largest absolute Gasteiger partial charge is 0.388 e. The normalized spacial score (nSPS) is 12.4. The van der Waals surface area contributed by atoms with Crippen molar-refractivity contribution >= 4 is 22.0 Å². The van der Waals surface area contributed by atoms with Crippen LogP contribution in [0.15, 0.2) is 6.07 Å². The average molecular weight is 300 g/mol. The van der Waals surface area contributed by atoms with E-state index in [4.69, 9.17) is 0 Å². The van der Waals surface area contributed by atoms with Crippen LogP contribution in [0.1, 0.15) is 57.4 Å². The molecule has 0 aliphatic carbocycles. The van der Waals surface area contributed by atoms with Gasteiger partial charge in [0.2, 0.25) is 0 Å². The summed E-state index contributed by atoms with van der Waals surface area (Å²) in [5, 5.41) is 21.5. The van der Waals surface area contributed by atoms with Crippen LogP contribution in [0.4, 0.5) is 10.7 Å². The molecule has 1 atom stereocenters. The average Bonchev–Trinajstić information content (AvgIpc) is 2.84. The molecule has 0 saturated heterocycles. The predicted octanol–water partition coefficient (Wildman–Crippen LogP) is 4.12. The maximum Gasteiger partial charge on any atom is 0.304 e. The summed E-state index contributed by atoms with van der Waals surface area (Å²) < 4.78 is 0. The SMILES string of the molecule is CCCCN(CCCC)c1sc([C@@H](C)O)cc1[N+](=O)[O-]. The number of nitrogens with zero attached hydrogens (tertiary/aromatic N) is 2. The molecule has 0 bridgehead atoms. The van der Waals surface area contributed by atoms with Crippen LogP contribution in [0, 0.1) is 10.1 Å². The first kappa shape index (κ1) is 16.9. The standard InChI is InChI=1S/C14H24N2O3S/c1-4-6-8-15(9-7-5-2)14-12(16(18)19)10-13(20-14)11(3)17/h10-11,17H,4-9H2,1-3H3/t11-/m1/s1. The Kier molecular flexibility index (Phi) is 6.95. The summed E-state index contributed by atoms with van der Waals surface area (Å²) in [6.45, 7) is 7.53. The van der Waals surface area contributed by atoms with Crippen molar-refractivity contribution in [2.24, 2.45) is 0 Å². The molecule has 5 nitrogen and oxygen atoms in total. The maximum atomic E-state index is 11.2. The summed E-state index contributed by atoms with van der Waals surface area (Å²) in [5.41, 5.74) is 0.123. The first-order valence-electron chi connectivity index (χ1n) is 7.22. The molecule has 0 unspecified atom stereocenters. The summed E-state index contributed by atoms with van der Waals surface area (Å²) in [6, 6.07) is 1.51. The Bertz CT molecular complexity index is 424. The lowest BCUT2D eigenvalue weighted by Gasteiger charge is -2.22. The van der Waals surface area contributed by atoms with E-state index in [0.29, 0.717) is 9.88 Å². The van der Waals surface area contributed by atoms with Crippen molar-refractivity contribution < 1.29 is 10.0 Å². The van der Waals surface area contributed by atoms with E-state index in [1.54, 1.807) is 6.92 Å². The molecule has 1 N–H and O–H groups in total. The zero-order chi connectivity index (χ0) is 15.1. The van der Waals surface area contributed by atoms with Crippen molar-refractivity contribution in [3.63, 3.8) is 0 Å². The van der Waals surface area contributed by atoms with E-state index in [1.807, 2.05) is 0 Å². The number of rotatable bonds is 9. The molecule has 0 saturated carbocycles. The van der Waals surface area contributed by atoms with Gasteiger partial charge in [0, 0.05) is 24.0 Å². The van der Waals surface area contributed by atoms with Crippen LogP contribution in [0.2, 0.25) is 0 Å². The Morgan fingerprint density at radius 2 is 1.90 bits per heavy atom. The Morgan fingerprint density at radius 1 is 1.35 bits per heavy atom. The van der Waals surface area contributed by atoms with Gasteiger partial charge in [0.1, 0.15) is 0 Å². The molecule has 0 radical (unpaired) electrons. The van der Waals surface area contributed by atoms with Gasteiger partial charge < -0.3 is 10.0 Å². The van der Waals surface area contributed by atoms with Crippen molar-refractivity contribution in [1.29, 1.82) is 0 Å². The zero-order valence-corrected chi connectivity index (χ0v) is 13.3. The summed E-state index contributed by atoms with van der Waals surface area (Å²) in [5.74, 6) is 0. The third-order valence-electron chi connectivity index (χ3n) is 3.17. The molecule has 6 heteroatoms. The molecule has 114 valence electrons. The van der Waals surface area contributed by atoms with E-state index in [-0.39, 0.29) is 10.6 Å². The molecule has 1 aromatic rings. The number of anilines is 1. The molecule has 0 aliphatic heterocycles. The minimum absolute atomic E-state index is 0.123. The summed E-state index contributed by atoms with van der Waals surface area (Å²) in [6.07, 6.45) is 3.49. The first-order chi connectivity index (χ1) is 9.51. The first-order valence-corrected chi connectivity index (χ1v) is 8.04. The van der Waals surface area contributed by atoms with Crippen molar-refractivity contribution in [3.05, 3.63) is 21.1 Å². The van der Waals surface area contributed by atoms with Crippen LogP contribution in [-0.2, 0) is 0 Å². The molecule has 0 amide bonds. The van der Waals surface area contributed by atoms with Crippen molar-refractivity contribution in [2.45, 2.75) is 52.6 Å². The number of unbranched alkanes of at least 4 members (excludes halogenated alkanes) is 2. The minimum atomic E-state index is -0.661. The summed E-state index contributed by atoms with van der Waals surface area (Å²) in [7, 11) is 0. The van der Waals surface area contributed by atoms with Gasteiger partial charge in [-0.2, -0.15) is 0 Å². The molecule has 1 aromatic heterocycles. The molecular weight excluding hydrogens is 276 g/mol. The van der Waals surface area contributed by atoms with E-state index in [9.17, 15) is 15.2 Å². The van der Waals surface area contributed by atoms with E-state index < -0.39 is 6.10 Å². The van der Waals surface area contributed by atoms with Gasteiger partial charge in [-0.05, 0) is 19.8 Å². The molecule has 0 aliphatic rings. The molecule has 0 spiro atoms. The highest BCUT2D eigenvalue weighted by atomic mass is 32.1. The third-order valence-corrected chi connectivity index (χ3v) is 4.53. The van der Waals surface area contributed by atoms with Gasteiger partial charge >= 0.3 is 5.69 Å². The third kappa shape index (κ3) is 4.45. The number of nitro groups is 1. The predicted molar refractivity (Wildman–Crippen MR) is 83.6 cm³/mol. The number of hydrogen-bond donors (Lipinski definition) is 1. The molecular formula is C14H24N2O3S. The van der Waals surface area contributed by atoms with E-state index in [0.717, 1.165) is 38.8 Å². The van der Waals surface area contributed by atoms with Gasteiger partial charge in [-0.1, -0.05) is 26.7 Å². The lowest BCUT2D eigenvalue weighted by molar-refractivity contribution is -0.383. The van der Waals surface area contributed by atoms with Crippen LogP contribution in [0.5, 0.6) is 0 Å². The fourth-order valence-electron chi connectivity index (χ4n) is 1.97. The van der Waals surface area contributed by atoms with Crippen LogP contribution in [0.25, 0.3) is 0 Å². The van der Waals surface area contributed by atoms with E-state index in [2.05, 4.69) is 18.7 Å². The molecule has 20 heavy (non-hydrogen) atoms. The van der Waals surface area contributed by atoms with E-state index >= 15 is 0 Å². The number of hydrogen-bond acceptors (Lipinski definition) is 5. The molecule has 0 aromatic carbocycles. The maximum absolute atomic E-state index is 11.2. The Labute approximate surface area is 124 Å². The van der Waals surface area contributed by atoms with Gasteiger partial charge in [0.05, 0.1) is 11.0 Å². The quantitative estimate of drug-likeness (QED) is 0.550. The Hall–Kier alpha value is -1.14. The monoisotopic (exact) mass is 300 g/mol. The second-order valence-electron chi connectivity index (χ2n) is 4.97. The van der Waals surface area contributed by atoms with Gasteiger partial charge in [0.25, 0.3) is 0 Å². The van der Waals surface area contributed by atoms with Gasteiger partial charge in [-0.15, -0.1) is 11.3 Å². The lowest BCUT2D eigenvalue weighted by atomic mass is 10.2. The fourth-order valence-corrected chi connectivity index (χ4v) is 3.08. The fraction of sp³-hybridized carbons (Fsp3) is 0.714. The number of thiophene rings is 1.